The molecule has 0 aromatic heterocycles. The van der Waals surface area contributed by atoms with Gasteiger partial charge in [-0.3, -0.25) is 0 Å². The summed E-state index contributed by atoms with van der Waals surface area (Å²) in [6, 6.07) is 1.69. The monoisotopic (exact) mass is 107 g/mol. The summed E-state index contributed by atoms with van der Waals surface area (Å²) in [7, 11) is 0. The predicted molar refractivity (Wildman–Crippen MR) is 32.8 cm³/mol. The number of nitrogens with zero attached hydrogens (tertiary/aromatic N) is 3. The first-order valence-electron chi connectivity index (χ1n) is 1.97. The Bertz CT molecular complexity index is 150. The van der Waals surface area contributed by atoms with Crippen LogP contribution in [0.15, 0.2) is 22.9 Å². The van der Waals surface area contributed by atoms with Crippen LogP contribution < -0.4 is 0 Å². The van der Waals surface area contributed by atoms with Crippen LogP contribution in [0.4, 0.5) is 0 Å². The van der Waals surface area contributed by atoms with E-state index in [0.29, 0.717) is 0 Å². The fourth-order valence-electron chi connectivity index (χ4n) is 0.145. The van der Waals surface area contributed by atoms with Crippen LogP contribution in [0, 0.1) is 11.3 Å². The molecule has 0 N–H and O–H groups in total. The molecule has 0 spiro atoms. The summed E-state index contributed by atoms with van der Waals surface area (Å²) >= 11 is 0. The zero-order valence-electron chi connectivity index (χ0n) is 4.28. The number of nitriles is 1. The van der Waals surface area contributed by atoms with Gasteiger partial charge in [0.25, 0.3) is 0 Å². The molecule has 0 bridgehead atoms. The van der Waals surface area contributed by atoms with Gasteiger partial charge in [-0.2, -0.15) is 10.4 Å². The lowest BCUT2D eigenvalue weighted by molar-refractivity contribution is 1.27. The maximum absolute atomic E-state index is 7.87. The lowest BCUT2D eigenvalue weighted by Gasteiger charge is -1.65. The van der Waals surface area contributed by atoms with Crippen molar-refractivity contribution in [3.63, 3.8) is 0 Å². The first-order valence-corrected chi connectivity index (χ1v) is 1.97. The van der Waals surface area contributed by atoms with Gasteiger partial charge in [0.15, 0.2) is 0 Å². The SMILES string of the molecule is C=C/C=N\N=C\C#N. The van der Waals surface area contributed by atoms with Crippen molar-refractivity contribution < 1.29 is 0 Å². The Morgan fingerprint density at radius 2 is 2.25 bits per heavy atom. The fourth-order valence-corrected chi connectivity index (χ4v) is 0.145. The van der Waals surface area contributed by atoms with Crippen molar-refractivity contribution in [1.82, 2.24) is 0 Å². The van der Waals surface area contributed by atoms with Crippen molar-refractivity contribution >= 4 is 12.4 Å². The number of rotatable bonds is 2. The van der Waals surface area contributed by atoms with E-state index in [0.717, 1.165) is 6.21 Å². The van der Waals surface area contributed by atoms with Crippen molar-refractivity contribution in [3.8, 4) is 6.07 Å². The summed E-state index contributed by atoms with van der Waals surface area (Å²) in [5.74, 6) is 0. The molecule has 0 heterocycles. The normalized spacial score (nSPS) is 9.88. The van der Waals surface area contributed by atoms with Crippen LogP contribution in [-0.4, -0.2) is 12.4 Å². The van der Waals surface area contributed by atoms with Crippen LogP contribution in [0.5, 0.6) is 0 Å². The molecule has 0 rings (SSSR count). The molecule has 0 aliphatic heterocycles. The third-order valence-electron chi connectivity index (χ3n) is 0.354. The van der Waals surface area contributed by atoms with Gasteiger partial charge in [0.1, 0.15) is 12.3 Å². The lowest BCUT2D eigenvalue weighted by Crippen LogP contribution is -1.61. The molecule has 8 heavy (non-hydrogen) atoms. The molecule has 0 amide bonds. The molecule has 0 saturated heterocycles. The summed E-state index contributed by atoms with van der Waals surface area (Å²) in [5.41, 5.74) is 0. The van der Waals surface area contributed by atoms with E-state index in [9.17, 15) is 0 Å². The molecule has 0 fully saturated rings. The Hall–Kier alpha value is -1.43. The zero-order chi connectivity index (χ0) is 6.24. The van der Waals surface area contributed by atoms with Crippen molar-refractivity contribution in [1.29, 1.82) is 5.26 Å². The lowest BCUT2D eigenvalue weighted by atomic mass is 10.7. The van der Waals surface area contributed by atoms with Gasteiger partial charge in [-0.15, -0.1) is 5.10 Å². The second kappa shape index (κ2) is 5.57. The molecule has 0 aromatic carbocycles. The minimum absolute atomic E-state index is 1.04. The van der Waals surface area contributed by atoms with Gasteiger partial charge in [-0.05, 0) is 6.08 Å². The van der Waals surface area contributed by atoms with Crippen LogP contribution in [0.2, 0.25) is 0 Å². The predicted octanol–water partition coefficient (Wildman–Crippen LogP) is 0.753. The average Bonchev–Trinajstić information content (AvgIpc) is 1.81. The quantitative estimate of drug-likeness (QED) is 0.379. The Labute approximate surface area is 47.7 Å². The van der Waals surface area contributed by atoms with Gasteiger partial charge in [0.2, 0.25) is 0 Å². The summed E-state index contributed by atoms with van der Waals surface area (Å²) in [4.78, 5) is 0. The molecule has 0 aromatic rings. The highest BCUT2D eigenvalue weighted by atomic mass is 15.2. The number of allylic oxidation sites excluding steroid dienone is 1. The molecule has 0 atom stereocenters. The van der Waals surface area contributed by atoms with E-state index in [1.165, 1.54) is 12.3 Å². The van der Waals surface area contributed by atoms with Crippen LogP contribution in [0.25, 0.3) is 0 Å². The van der Waals surface area contributed by atoms with Gasteiger partial charge < -0.3 is 0 Å². The van der Waals surface area contributed by atoms with E-state index in [2.05, 4.69) is 16.8 Å². The van der Waals surface area contributed by atoms with Crippen LogP contribution in [0.1, 0.15) is 0 Å². The number of hydrogen-bond acceptors (Lipinski definition) is 3. The molecule has 0 radical (unpaired) electrons. The topological polar surface area (TPSA) is 48.5 Å². The minimum Gasteiger partial charge on any atom is -0.191 e. The Kier molecular flexibility index (Phi) is 4.57. The second-order valence-corrected chi connectivity index (χ2v) is 0.874. The highest BCUT2D eigenvalue weighted by Crippen LogP contribution is 1.64. The van der Waals surface area contributed by atoms with Gasteiger partial charge in [0, 0.05) is 6.21 Å². The smallest absolute Gasteiger partial charge is 0.127 e. The molecule has 3 heteroatoms. The first-order chi connectivity index (χ1) is 3.91. The van der Waals surface area contributed by atoms with Crippen LogP contribution >= 0.6 is 0 Å². The maximum atomic E-state index is 7.87. The van der Waals surface area contributed by atoms with Crippen molar-refractivity contribution in [3.05, 3.63) is 12.7 Å². The van der Waals surface area contributed by atoms with Gasteiger partial charge >= 0.3 is 0 Å². The van der Waals surface area contributed by atoms with Crippen LogP contribution in [-0.2, 0) is 0 Å². The molecule has 3 nitrogen and oxygen atoms in total. The fraction of sp³-hybridized carbons (Fsp3) is 0. The summed E-state index contributed by atoms with van der Waals surface area (Å²) in [5, 5.41) is 14.5. The van der Waals surface area contributed by atoms with E-state index in [1.807, 2.05) is 0 Å². The molecule has 0 unspecified atom stereocenters. The number of hydrogen-bond donors (Lipinski definition) is 0. The molecule has 40 valence electrons. The minimum atomic E-state index is 1.04. The van der Waals surface area contributed by atoms with E-state index >= 15 is 0 Å². The Morgan fingerprint density at radius 3 is 2.75 bits per heavy atom. The summed E-state index contributed by atoms with van der Waals surface area (Å²) in [6.07, 6.45) is 3.92. The van der Waals surface area contributed by atoms with E-state index in [4.69, 9.17) is 5.26 Å². The largest absolute Gasteiger partial charge is 0.191 e. The first kappa shape index (κ1) is 6.57. The molecule has 0 aliphatic rings. The highest BCUT2D eigenvalue weighted by molar-refractivity contribution is 5.76. The van der Waals surface area contributed by atoms with Gasteiger partial charge in [0.05, 0.1) is 0 Å². The van der Waals surface area contributed by atoms with Crippen molar-refractivity contribution in [2.24, 2.45) is 10.2 Å². The van der Waals surface area contributed by atoms with E-state index in [1.54, 1.807) is 6.07 Å². The molecule has 0 saturated carbocycles. The average molecular weight is 107 g/mol. The highest BCUT2D eigenvalue weighted by Gasteiger charge is 1.57. The third-order valence-corrected chi connectivity index (χ3v) is 0.354. The Morgan fingerprint density at radius 1 is 1.50 bits per heavy atom. The maximum Gasteiger partial charge on any atom is 0.127 e. The van der Waals surface area contributed by atoms with Gasteiger partial charge in [-0.1, -0.05) is 6.58 Å². The van der Waals surface area contributed by atoms with Crippen LogP contribution in [0.3, 0.4) is 0 Å². The molecular formula is C5H5N3. The van der Waals surface area contributed by atoms with E-state index < -0.39 is 0 Å². The second-order valence-electron chi connectivity index (χ2n) is 0.874. The van der Waals surface area contributed by atoms with E-state index in [-0.39, 0.29) is 0 Å². The Balaban J connectivity index is 3.46. The summed E-state index contributed by atoms with van der Waals surface area (Å²) < 4.78 is 0. The third kappa shape index (κ3) is 4.57. The van der Waals surface area contributed by atoms with Crippen molar-refractivity contribution in [2.45, 2.75) is 0 Å². The molecular weight excluding hydrogens is 102 g/mol. The molecule has 0 aliphatic carbocycles. The standard InChI is InChI=1S/C5H5N3/c1-2-4-7-8-5-3-6/h2,4-5H,1H2/b7-4-,8-5+. The summed E-state index contributed by atoms with van der Waals surface area (Å²) in [6.45, 7) is 3.35. The van der Waals surface area contributed by atoms with Crippen molar-refractivity contribution in [2.75, 3.05) is 0 Å². The van der Waals surface area contributed by atoms with Gasteiger partial charge in [-0.25, -0.2) is 0 Å². The zero-order valence-corrected chi connectivity index (χ0v) is 4.28.